The van der Waals surface area contributed by atoms with Gasteiger partial charge in [0.25, 0.3) is 0 Å². The van der Waals surface area contributed by atoms with E-state index < -0.39 is 0 Å². The number of aromatic nitrogens is 2. The normalized spacial score (nSPS) is 13.1. The van der Waals surface area contributed by atoms with Crippen LogP contribution in [-0.2, 0) is 5.41 Å². The lowest BCUT2D eigenvalue weighted by molar-refractivity contribution is 0.660. The molecule has 0 N–H and O–H groups in total. The second kappa shape index (κ2) is 10.6. The Morgan fingerprint density at radius 1 is 0.511 bits per heavy atom. The van der Waals surface area contributed by atoms with Gasteiger partial charge in [-0.15, -0.1) is 0 Å². The van der Waals surface area contributed by atoms with E-state index in [-0.39, 0.29) is 5.41 Å². The molecule has 0 unspecified atom stereocenters. The molecule has 224 valence electrons. The highest BCUT2D eigenvalue weighted by molar-refractivity contribution is 6.10. The Kier molecular flexibility index (Phi) is 6.16. The molecule has 6 aromatic carbocycles. The summed E-state index contributed by atoms with van der Waals surface area (Å²) < 4.78 is 2.37. The zero-order chi connectivity index (χ0) is 31.5. The summed E-state index contributed by atoms with van der Waals surface area (Å²) >= 11 is 0. The average molecular weight is 604 g/mol. The number of pyridine rings is 1. The molecule has 0 amide bonds. The summed E-state index contributed by atoms with van der Waals surface area (Å²) in [7, 11) is 0. The van der Waals surface area contributed by atoms with Crippen LogP contribution in [0.2, 0.25) is 0 Å². The average Bonchev–Trinajstić information content (AvgIpc) is 3.58. The van der Waals surface area contributed by atoms with Crippen LogP contribution in [-0.4, -0.2) is 9.55 Å². The molecule has 3 nitrogen and oxygen atoms in total. The first-order valence-electron chi connectivity index (χ1n) is 16.2. The van der Waals surface area contributed by atoms with E-state index in [0.29, 0.717) is 0 Å². The van der Waals surface area contributed by atoms with Crippen LogP contribution in [0.1, 0.15) is 25.0 Å². The van der Waals surface area contributed by atoms with Gasteiger partial charge in [0.2, 0.25) is 0 Å². The fraction of sp³-hybridized carbons (Fsp3) is 0.0682. The van der Waals surface area contributed by atoms with Gasteiger partial charge < -0.3 is 9.47 Å². The molecule has 0 radical (unpaired) electrons. The van der Waals surface area contributed by atoms with Gasteiger partial charge in [0.05, 0.1) is 11.0 Å². The van der Waals surface area contributed by atoms with Crippen molar-refractivity contribution in [1.82, 2.24) is 9.55 Å². The largest absolute Gasteiger partial charge is 0.310 e. The molecule has 0 spiro atoms. The smallest absolute Gasteiger partial charge is 0.0542 e. The quantitative estimate of drug-likeness (QED) is 0.195. The number of rotatable bonds is 5. The number of hydrogen-bond acceptors (Lipinski definition) is 2. The van der Waals surface area contributed by atoms with Crippen LogP contribution in [0.5, 0.6) is 0 Å². The third kappa shape index (κ3) is 4.31. The van der Waals surface area contributed by atoms with Crippen molar-refractivity contribution in [2.75, 3.05) is 4.90 Å². The molecule has 0 aliphatic heterocycles. The first-order chi connectivity index (χ1) is 23.1. The molecule has 0 atom stereocenters. The molecule has 0 saturated heterocycles. The summed E-state index contributed by atoms with van der Waals surface area (Å²) in [5, 5.41) is 2.47. The highest BCUT2D eigenvalue weighted by atomic mass is 15.1. The molecule has 1 aliphatic carbocycles. The minimum Gasteiger partial charge on any atom is -0.310 e. The van der Waals surface area contributed by atoms with Crippen LogP contribution in [0.25, 0.3) is 49.7 Å². The van der Waals surface area contributed by atoms with Gasteiger partial charge in [-0.3, -0.25) is 4.98 Å². The van der Waals surface area contributed by atoms with Crippen molar-refractivity contribution in [2.24, 2.45) is 0 Å². The molecule has 3 heteroatoms. The molecular formula is C44H33N3. The van der Waals surface area contributed by atoms with E-state index in [1.807, 2.05) is 18.5 Å². The Hall–Kier alpha value is -5.93. The molecule has 2 heterocycles. The summed E-state index contributed by atoms with van der Waals surface area (Å²) in [4.78, 5) is 6.75. The van der Waals surface area contributed by atoms with Crippen molar-refractivity contribution in [3.05, 3.63) is 175 Å². The highest BCUT2D eigenvalue weighted by Gasteiger charge is 2.35. The van der Waals surface area contributed by atoms with Gasteiger partial charge in [0, 0.05) is 51.3 Å². The molecule has 1 aliphatic rings. The van der Waals surface area contributed by atoms with Crippen LogP contribution >= 0.6 is 0 Å². The van der Waals surface area contributed by atoms with Crippen molar-refractivity contribution in [1.29, 1.82) is 0 Å². The number of fused-ring (bicyclic) bond motifs is 6. The van der Waals surface area contributed by atoms with Crippen LogP contribution in [0, 0.1) is 0 Å². The van der Waals surface area contributed by atoms with Crippen LogP contribution in [0.15, 0.2) is 164 Å². The fourth-order valence-corrected chi connectivity index (χ4v) is 7.57. The van der Waals surface area contributed by atoms with Gasteiger partial charge in [-0.1, -0.05) is 98.8 Å². The fourth-order valence-electron chi connectivity index (χ4n) is 7.57. The Labute approximate surface area is 275 Å². The van der Waals surface area contributed by atoms with Gasteiger partial charge in [0.15, 0.2) is 0 Å². The molecule has 8 aromatic rings. The lowest BCUT2D eigenvalue weighted by Crippen LogP contribution is -2.16. The summed E-state index contributed by atoms with van der Waals surface area (Å²) in [6.07, 6.45) is 3.74. The van der Waals surface area contributed by atoms with Crippen LogP contribution in [0.4, 0.5) is 17.1 Å². The predicted molar refractivity (Wildman–Crippen MR) is 196 cm³/mol. The SMILES string of the molecule is CC1(C)c2ccccc2-c2ccc(N(c3ccc(-c4cccnc4)cc3)c3ccc4c(c3)c3ccccc3n4-c3ccccc3)cc21. The number of benzene rings is 6. The highest BCUT2D eigenvalue weighted by Crippen LogP contribution is 2.51. The minimum atomic E-state index is -0.0924. The summed E-state index contributed by atoms with van der Waals surface area (Å²) in [5.74, 6) is 0. The first-order valence-corrected chi connectivity index (χ1v) is 16.2. The van der Waals surface area contributed by atoms with Gasteiger partial charge in [-0.05, 0) is 100 Å². The van der Waals surface area contributed by atoms with Crippen molar-refractivity contribution >= 4 is 38.9 Å². The molecule has 9 rings (SSSR count). The Bertz CT molecular complexity index is 2420. The van der Waals surface area contributed by atoms with E-state index in [2.05, 4.69) is 174 Å². The molecule has 2 aromatic heterocycles. The Balaban J connectivity index is 1.25. The van der Waals surface area contributed by atoms with Crippen LogP contribution in [0.3, 0.4) is 0 Å². The maximum absolute atomic E-state index is 4.34. The van der Waals surface area contributed by atoms with E-state index in [1.54, 1.807) is 0 Å². The molecule has 0 saturated carbocycles. The van der Waals surface area contributed by atoms with Gasteiger partial charge in [-0.25, -0.2) is 0 Å². The lowest BCUT2D eigenvalue weighted by atomic mass is 9.82. The maximum Gasteiger partial charge on any atom is 0.0542 e. The summed E-state index contributed by atoms with van der Waals surface area (Å²) in [5.41, 5.74) is 14.5. The third-order valence-corrected chi connectivity index (χ3v) is 9.87. The number of para-hydroxylation sites is 2. The van der Waals surface area contributed by atoms with E-state index >= 15 is 0 Å². The lowest BCUT2D eigenvalue weighted by Gasteiger charge is -2.28. The van der Waals surface area contributed by atoms with Crippen molar-refractivity contribution < 1.29 is 0 Å². The summed E-state index contributed by atoms with van der Waals surface area (Å²) in [6, 6.07) is 55.1. The van der Waals surface area contributed by atoms with Gasteiger partial charge in [0.1, 0.15) is 0 Å². The van der Waals surface area contributed by atoms with Gasteiger partial charge in [-0.2, -0.15) is 0 Å². The first kappa shape index (κ1) is 27.4. The van der Waals surface area contributed by atoms with Crippen molar-refractivity contribution in [2.45, 2.75) is 19.3 Å². The Morgan fingerprint density at radius 2 is 1.19 bits per heavy atom. The zero-order valence-electron chi connectivity index (χ0n) is 26.4. The second-order valence-corrected chi connectivity index (χ2v) is 12.9. The van der Waals surface area contributed by atoms with E-state index in [4.69, 9.17) is 0 Å². The predicted octanol–water partition coefficient (Wildman–Crippen LogP) is 11.6. The maximum atomic E-state index is 4.34. The third-order valence-electron chi connectivity index (χ3n) is 9.87. The van der Waals surface area contributed by atoms with Gasteiger partial charge >= 0.3 is 0 Å². The Morgan fingerprint density at radius 3 is 2.02 bits per heavy atom. The molecule has 47 heavy (non-hydrogen) atoms. The number of hydrogen-bond donors (Lipinski definition) is 0. The molecule has 0 bridgehead atoms. The van der Waals surface area contributed by atoms with Crippen molar-refractivity contribution in [3.63, 3.8) is 0 Å². The standard InChI is InChI=1S/C44H33N3/c1-44(2)40-16-8-6-14-36(40)37-24-22-35(28-41(37)44)46(33-20-18-30(19-21-33)31-11-10-26-45-29-31)34-23-25-43-39(27-34)38-15-7-9-17-42(38)47(43)32-12-4-3-5-13-32/h3-29H,1-2H3. The topological polar surface area (TPSA) is 21.1 Å². The zero-order valence-corrected chi connectivity index (χ0v) is 26.4. The van der Waals surface area contributed by atoms with E-state index in [1.165, 1.54) is 44.1 Å². The second-order valence-electron chi connectivity index (χ2n) is 12.9. The van der Waals surface area contributed by atoms with Crippen molar-refractivity contribution in [3.8, 4) is 27.9 Å². The molecular weight excluding hydrogens is 571 g/mol. The summed E-state index contributed by atoms with van der Waals surface area (Å²) in [6.45, 7) is 4.69. The number of anilines is 3. The van der Waals surface area contributed by atoms with E-state index in [9.17, 15) is 0 Å². The monoisotopic (exact) mass is 603 g/mol. The number of nitrogens with zero attached hydrogens (tertiary/aromatic N) is 3. The molecule has 0 fully saturated rings. The van der Waals surface area contributed by atoms with E-state index in [0.717, 1.165) is 33.9 Å². The van der Waals surface area contributed by atoms with Crippen LogP contribution < -0.4 is 4.90 Å². The minimum absolute atomic E-state index is 0.0924.